The van der Waals surface area contributed by atoms with E-state index in [0.717, 1.165) is 47.3 Å². The predicted octanol–water partition coefficient (Wildman–Crippen LogP) is 6.09. The lowest BCUT2D eigenvalue weighted by atomic mass is 9.86. The van der Waals surface area contributed by atoms with Gasteiger partial charge in [-0.3, -0.25) is 14.5 Å². The second kappa shape index (κ2) is 12.1. The molecule has 41 heavy (non-hydrogen) atoms. The number of carbonyl (C=O) groups excluding carboxylic acids is 2. The maximum Gasteiger partial charge on any atom is 0.237 e. The SMILES string of the molecule is CNC(=O)C1CCCN1C(C)c1ccc(N2C(=O)Cc3cc(OC)c(OC(C)C)cc3C2c2ccc(Cl)cc2)cc1. The number of nitrogens with zero attached hydrogens (tertiary/aromatic N) is 2. The zero-order valence-electron chi connectivity index (χ0n) is 24.3. The highest BCUT2D eigenvalue weighted by atomic mass is 35.5. The lowest BCUT2D eigenvalue weighted by Crippen LogP contribution is -2.43. The summed E-state index contributed by atoms with van der Waals surface area (Å²) in [5, 5.41) is 3.44. The fourth-order valence-electron chi connectivity index (χ4n) is 6.13. The number of hydrogen-bond acceptors (Lipinski definition) is 5. The Hall–Kier alpha value is -3.55. The largest absolute Gasteiger partial charge is 0.493 e. The predicted molar refractivity (Wildman–Crippen MR) is 162 cm³/mol. The summed E-state index contributed by atoms with van der Waals surface area (Å²) >= 11 is 6.25. The van der Waals surface area contributed by atoms with E-state index < -0.39 is 0 Å². The first kappa shape index (κ1) is 29.0. The fourth-order valence-corrected chi connectivity index (χ4v) is 6.26. The van der Waals surface area contributed by atoms with Crippen molar-refractivity contribution < 1.29 is 19.1 Å². The van der Waals surface area contributed by atoms with Gasteiger partial charge in [0.1, 0.15) is 0 Å². The van der Waals surface area contributed by atoms with Gasteiger partial charge in [0.2, 0.25) is 11.8 Å². The quantitative estimate of drug-likeness (QED) is 0.352. The van der Waals surface area contributed by atoms with E-state index in [0.29, 0.717) is 16.5 Å². The Morgan fingerprint density at radius 1 is 1.02 bits per heavy atom. The van der Waals surface area contributed by atoms with E-state index >= 15 is 0 Å². The van der Waals surface area contributed by atoms with Gasteiger partial charge in [-0.2, -0.15) is 0 Å². The number of nitrogens with one attached hydrogen (secondary N) is 1. The molecule has 2 amide bonds. The van der Waals surface area contributed by atoms with E-state index in [4.69, 9.17) is 21.1 Å². The van der Waals surface area contributed by atoms with Crippen LogP contribution in [0, 0.1) is 0 Å². The molecule has 2 heterocycles. The number of methoxy groups -OCH3 is 1. The van der Waals surface area contributed by atoms with Gasteiger partial charge in [0, 0.05) is 23.8 Å². The molecule has 5 rings (SSSR count). The van der Waals surface area contributed by atoms with Gasteiger partial charge in [-0.05, 0) is 98.8 Å². The summed E-state index contributed by atoms with van der Waals surface area (Å²) in [6, 6.07) is 19.3. The average Bonchev–Trinajstić information content (AvgIpc) is 3.46. The molecule has 8 heteroatoms. The van der Waals surface area contributed by atoms with Gasteiger partial charge < -0.3 is 19.7 Å². The Morgan fingerprint density at radius 2 is 1.73 bits per heavy atom. The number of halogens is 1. The van der Waals surface area contributed by atoms with E-state index in [1.807, 2.05) is 67.3 Å². The lowest BCUT2D eigenvalue weighted by Gasteiger charge is -2.38. The molecule has 216 valence electrons. The number of ether oxygens (including phenoxy) is 2. The molecule has 0 aromatic heterocycles. The van der Waals surface area contributed by atoms with Crippen LogP contribution in [0.4, 0.5) is 5.69 Å². The first-order valence-electron chi connectivity index (χ1n) is 14.2. The number of fused-ring (bicyclic) bond motifs is 1. The van der Waals surface area contributed by atoms with Crippen molar-refractivity contribution in [2.75, 3.05) is 25.6 Å². The van der Waals surface area contributed by atoms with Crippen LogP contribution in [0.3, 0.4) is 0 Å². The molecule has 1 saturated heterocycles. The highest BCUT2D eigenvalue weighted by Crippen LogP contribution is 2.44. The zero-order chi connectivity index (χ0) is 29.3. The second-order valence-corrected chi connectivity index (χ2v) is 11.5. The van der Waals surface area contributed by atoms with Crippen LogP contribution in [-0.4, -0.2) is 49.6 Å². The van der Waals surface area contributed by atoms with Crippen molar-refractivity contribution >= 4 is 29.1 Å². The molecule has 2 aliphatic rings. The van der Waals surface area contributed by atoms with Crippen LogP contribution in [0.15, 0.2) is 60.7 Å². The van der Waals surface area contributed by atoms with Crippen molar-refractivity contribution in [3.8, 4) is 11.5 Å². The van der Waals surface area contributed by atoms with Crippen LogP contribution in [0.2, 0.25) is 5.02 Å². The zero-order valence-corrected chi connectivity index (χ0v) is 25.1. The van der Waals surface area contributed by atoms with E-state index in [9.17, 15) is 9.59 Å². The Morgan fingerprint density at radius 3 is 2.37 bits per heavy atom. The molecule has 0 saturated carbocycles. The molecular formula is C33H38ClN3O4. The van der Waals surface area contributed by atoms with Gasteiger partial charge in [0.25, 0.3) is 0 Å². The third-order valence-corrected chi connectivity index (χ3v) is 8.38. The van der Waals surface area contributed by atoms with Crippen LogP contribution in [0.5, 0.6) is 11.5 Å². The van der Waals surface area contributed by atoms with Crippen molar-refractivity contribution in [2.24, 2.45) is 0 Å². The van der Waals surface area contributed by atoms with Crippen LogP contribution >= 0.6 is 11.6 Å². The van der Waals surface area contributed by atoms with Crippen molar-refractivity contribution in [1.29, 1.82) is 0 Å². The molecule has 0 radical (unpaired) electrons. The summed E-state index contributed by atoms with van der Waals surface area (Å²) in [7, 11) is 3.31. The topological polar surface area (TPSA) is 71.1 Å². The summed E-state index contributed by atoms with van der Waals surface area (Å²) in [6.07, 6.45) is 2.07. The fraction of sp³-hybridized carbons (Fsp3) is 0.394. The summed E-state index contributed by atoms with van der Waals surface area (Å²) in [4.78, 5) is 30.4. The van der Waals surface area contributed by atoms with Gasteiger partial charge in [-0.1, -0.05) is 35.9 Å². The maximum atomic E-state index is 13.8. The minimum absolute atomic E-state index is 0.00273. The van der Waals surface area contributed by atoms with E-state index in [1.165, 1.54) is 0 Å². The van der Waals surface area contributed by atoms with Crippen molar-refractivity contribution in [2.45, 2.75) is 64.3 Å². The van der Waals surface area contributed by atoms with Crippen molar-refractivity contribution in [3.63, 3.8) is 0 Å². The van der Waals surface area contributed by atoms with E-state index in [1.54, 1.807) is 14.2 Å². The smallest absolute Gasteiger partial charge is 0.237 e. The summed E-state index contributed by atoms with van der Waals surface area (Å²) in [5.74, 6) is 1.32. The highest BCUT2D eigenvalue weighted by molar-refractivity contribution is 6.30. The van der Waals surface area contributed by atoms with Crippen LogP contribution < -0.4 is 19.7 Å². The molecular weight excluding hydrogens is 538 g/mol. The van der Waals surface area contributed by atoms with E-state index in [2.05, 4.69) is 29.3 Å². The summed E-state index contributed by atoms with van der Waals surface area (Å²) in [6.45, 7) is 6.98. The molecule has 0 spiro atoms. The molecule has 1 N–H and O–H groups in total. The van der Waals surface area contributed by atoms with Crippen LogP contribution in [-0.2, 0) is 16.0 Å². The van der Waals surface area contributed by atoms with Gasteiger partial charge in [0.05, 0.1) is 31.7 Å². The van der Waals surface area contributed by atoms with Crippen LogP contribution in [0.25, 0.3) is 0 Å². The van der Waals surface area contributed by atoms with E-state index in [-0.39, 0.29) is 42.5 Å². The Balaban J connectivity index is 1.54. The first-order valence-corrected chi connectivity index (χ1v) is 14.6. The maximum absolute atomic E-state index is 13.8. The van der Waals surface area contributed by atoms with Crippen molar-refractivity contribution in [3.05, 3.63) is 87.9 Å². The molecule has 2 aliphatic heterocycles. The normalized spacial score (nSPS) is 19.7. The van der Waals surface area contributed by atoms with Gasteiger partial charge in [-0.25, -0.2) is 0 Å². The number of likely N-dealkylation sites (N-methyl/N-ethyl adjacent to an activating group) is 1. The second-order valence-electron chi connectivity index (χ2n) is 11.0. The molecule has 3 aromatic carbocycles. The molecule has 7 nitrogen and oxygen atoms in total. The highest BCUT2D eigenvalue weighted by Gasteiger charge is 2.37. The Bertz CT molecular complexity index is 1410. The minimum Gasteiger partial charge on any atom is -0.493 e. The number of anilines is 1. The molecule has 1 fully saturated rings. The number of hydrogen-bond donors (Lipinski definition) is 1. The number of likely N-dealkylation sites (tertiary alicyclic amines) is 1. The van der Waals surface area contributed by atoms with Gasteiger partial charge in [-0.15, -0.1) is 0 Å². The minimum atomic E-state index is -0.372. The first-order chi connectivity index (χ1) is 19.7. The van der Waals surface area contributed by atoms with Crippen LogP contribution in [0.1, 0.15) is 68.0 Å². The Labute approximate surface area is 247 Å². The third-order valence-electron chi connectivity index (χ3n) is 8.13. The molecule has 3 unspecified atom stereocenters. The standard InChI is InChI=1S/C33H38ClN3O4/c1-20(2)41-30-19-27-24(17-29(30)40-5)18-31(38)37(32(27)23-8-12-25(34)13-9-23)26-14-10-22(11-15-26)21(3)36-16-6-7-28(36)33(39)35-4/h8-15,17,19-21,28,32H,6-7,16,18H2,1-5H3,(H,35,39). The lowest BCUT2D eigenvalue weighted by molar-refractivity contribution is -0.125. The molecule has 0 aliphatic carbocycles. The third kappa shape index (κ3) is 5.79. The monoisotopic (exact) mass is 575 g/mol. The molecule has 3 atom stereocenters. The number of carbonyl (C=O) groups is 2. The number of rotatable bonds is 8. The average molecular weight is 576 g/mol. The molecule has 0 bridgehead atoms. The number of amides is 2. The summed E-state index contributed by atoms with van der Waals surface area (Å²) in [5.41, 5.74) is 4.77. The Kier molecular flexibility index (Phi) is 8.57. The van der Waals surface area contributed by atoms with Gasteiger partial charge >= 0.3 is 0 Å². The number of benzene rings is 3. The molecule has 3 aromatic rings. The summed E-state index contributed by atoms with van der Waals surface area (Å²) < 4.78 is 11.7. The van der Waals surface area contributed by atoms with Crippen molar-refractivity contribution in [1.82, 2.24) is 10.2 Å². The van der Waals surface area contributed by atoms with Gasteiger partial charge in [0.15, 0.2) is 11.5 Å².